The van der Waals surface area contributed by atoms with Crippen molar-refractivity contribution in [2.45, 2.75) is 26.7 Å². The Morgan fingerprint density at radius 2 is 2.19 bits per heavy atom. The molecular formula is C15H15N3O3. The van der Waals surface area contributed by atoms with Crippen LogP contribution in [-0.4, -0.2) is 21.7 Å². The number of ketones is 1. The average molecular weight is 285 g/mol. The number of fused-ring (bicyclic) bond motifs is 1. The fourth-order valence-electron chi connectivity index (χ4n) is 2.59. The molecule has 0 saturated heterocycles. The number of anilines is 1. The van der Waals surface area contributed by atoms with Gasteiger partial charge < -0.3 is 4.42 Å². The Hall–Kier alpha value is -2.50. The molecule has 2 aromatic rings. The van der Waals surface area contributed by atoms with E-state index < -0.39 is 5.91 Å². The van der Waals surface area contributed by atoms with Crippen LogP contribution < -0.4 is 5.32 Å². The number of hydrogen-bond acceptors (Lipinski definition) is 5. The van der Waals surface area contributed by atoms with Crippen molar-refractivity contribution in [3.05, 3.63) is 41.1 Å². The predicted octanol–water partition coefficient (Wildman–Crippen LogP) is 2.40. The van der Waals surface area contributed by atoms with Gasteiger partial charge in [0, 0.05) is 6.42 Å². The molecule has 2 aromatic heterocycles. The first kappa shape index (κ1) is 13.5. The van der Waals surface area contributed by atoms with Gasteiger partial charge in [0.25, 0.3) is 5.91 Å². The monoisotopic (exact) mass is 285 g/mol. The molecule has 1 unspecified atom stereocenters. The number of carbonyl (C=O) groups excluding carboxylic acids is 2. The molecule has 6 nitrogen and oxygen atoms in total. The van der Waals surface area contributed by atoms with Crippen LogP contribution in [0, 0.1) is 12.8 Å². The van der Waals surface area contributed by atoms with Gasteiger partial charge in [-0.05, 0) is 31.4 Å². The summed E-state index contributed by atoms with van der Waals surface area (Å²) >= 11 is 0. The first-order valence-corrected chi connectivity index (χ1v) is 6.80. The second-order valence-corrected chi connectivity index (χ2v) is 5.32. The van der Waals surface area contributed by atoms with Crippen LogP contribution in [0.1, 0.15) is 45.6 Å². The van der Waals surface area contributed by atoms with Gasteiger partial charge in [-0.3, -0.25) is 14.9 Å². The minimum atomic E-state index is -0.408. The largest absolute Gasteiger partial charge is 0.459 e. The summed E-state index contributed by atoms with van der Waals surface area (Å²) in [6.45, 7) is 3.77. The molecule has 0 aliphatic heterocycles. The van der Waals surface area contributed by atoms with Gasteiger partial charge in [-0.25, -0.2) is 9.97 Å². The molecule has 1 aliphatic carbocycles. The smallest absolute Gasteiger partial charge is 0.293 e. The molecule has 0 spiro atoms. The fraction of sp³-hybridized carbons (Fsp3) is 0.333. The molecule has 1 aliphatic rings. The van der Waals surface area contributed by atoms with Gasteiger partial charge in [-0.2, -0.15) is 0 Å². The molecule has 2 heterocycles. The van der Waals surface area contributed by atoms with E-state index in [1.54, 1.807) is 19.1 Å². The average Bonchev–Trinajstić information content (AvgIpc) is 2.90. The number of rotatable bonds is 2. The molecule has 21 heavy (non-hydrogen) atoms. The van der Waals surface area contributed by atoms with Gasteiger partial charge in [-0.15, -0.1) is 0 Å². The normalized spacial score (nSPS) is 17.4. The summed E-state index contributed by atoms with van der Waals surface area (Å²) in [5, 5.41) is 2.60. The standard InChI is InChI=1S/C15H15N3O3/c1-8-6-10-13(11(19)7-8)9(2)16-15(17-10)18-14(20)12-4-3-5-21-12/h3-5,8H,6-7H2,1-2H3,(H,16,17,18,20). The molecule has 6 heteroatoms. The van der Waals surface area contributed by atoms with E-state index in [4.69, 9.17) is 4.42 Å². The number of furan rings is 1. The van der Waals surface area contributed by atoms with E-state index in [1.807, 2.05) is 6.92 Å². The Bertz CT molecular complexity index is 707. The zero-order valence-electron chi connectivity index (χ0n) is 11.8. The lowest BCUT2D eigenvalue weighted by Crippen LogP contribution is -2.23. The second-order valence-electron chi connectivity index (χ2n) is 5.32. The van der Waals surface area contributed by atoms with Crippen molar-refractivity contribution in [1.29, 1.82) is 0 Å². The van der Waals surface area contributed by atoms with Crippen molar-refractivity contribution < 1.29 is 14.0 Å². The third-order valence-electron chi connectivity index (χ3n) is 3.49. The Balaban J connectivity index is 1.91. The second kappa shape index (κ2) is 5.12. The lowest BCUT2D eigenvalue weighted by Gasteiger charge is -2.21. The summed E-state index contributed by atoms with van der Waals surface area (Å²) in [5.41, 5.74) is 1.91. The maximum Gasteiger partial charge on any atom is 0.293 e. The van der Waals surface area contributed by atoms with Crippen LogP contribution in [0.25, 0.3) is 0 Å². The summed E-state index contributed by atoms with van der Waals surface area (Å²) < 4.78 is 5.02. The lowest BCUT2D eigenvalue weighted by molar-refractivity contribution is 0.0950. The maximum absolute atomic E-state index is 12.1. The summed E-state index contributed by atoms with van der Waals surface area (Å²) in [5.74, 6) is 0.320. The quantitative estimate of drug-likeness (QED) is 0.915. The zero-order chi connectivity index (χ0) is 15.0. The van der Waals surface area contributed by atoms with Crippen LogP contribution in [0.4, 0.5) is 5.95 Å². The number of Topliss-reactive ketones (excluding diaryl/α,β-unsaturated/α-hetero) is 1. The van der Waals surface area contributed by atoms with Crippen molar-refractivity contribution in [1.82, 2.24) is 9.97 Å². The Kier molecular flexibility index (Phi) is 3.29. The molecule has 0 bridgehead atoms. The van der Waals surface area contributed by atoms with Crippen LogP contribution in [-0.2, 0) is 6.42 Å². The Morgan fingerprint density at radius 3 is 2.90 bits per heavy atom. The number of nitrogens with one attached hydrogen (secondary N) is 1. The lowest BCUT2D eigenvalue weighted by atomic mass is 9.86. The van der Waals surface area contributed by atoms with Crippen LogP contribution in [0.3, 0.4) is 0 Å². The topological polar surface area (TPSA) is 85.1 Å². The molecule has 1 amide bonds. The van der Waals surface area contributed by atoms with Gasteiger partial charge in [0.2, 0.25) is 5.95 Å². The number of aromatic nitrogens is 2. The van der Waals surface area contributed by atoms with Crippen molar-refractivity contribution in [2.75, 3.05) is 5.32 Å². The van der Waals surface area contributed by atoms with E-state index in [2.05, 4.69) is 15.3 Å². The van der Waals surface area contributed by atoms with Crippen molar-refractivity contribution in [3.8, 4) is 0 Å². The number of aryl methyl sites for hydroxylation is 1. The minimum Gasteiger partial charge on any atom is -0.459 e. The Morgan fingerprint density at radius 1 is 1.38 bits per heavy atom. The van der Waals surface area contributed by atoms with Crippen LogP contribution in [0.2, 0.25) is 0 Å². The highest BCUT2D eigenvalue weighted by atomic mass is 16.3. The van der Waals surface area contributed by atoms with Gasteiger partial charge in [-0.1, -0.05) is 6.92 Å². The minimum absolute atomic E-state index is 0.0742. The number of amides is 1. The van der Waals surface area contributed by atoms with Crippen LogP contribution in [0.5, 0.6) is 0 Å². The summed E-state index contributed by atoms with van der Waals surface area (Å²) in [4.78, 5) is 32.5. The highest BCUT2D eigenvalue weighted by Crippen LogP contribution is 2.26. The molecule has 0 saturated carbocycles. The zero-order valence-corrected chi connectivity index (χ0v) is 11.8. The van der Waals surface area contributed by atoms with Crippen LogP contribution in [0.15, 0.2) is 22.8 Å². The van der Waals surface area contributed by atoms with E-state index >= 15 is 0 Å². The fourth-order valence-corrected chi connectivity index (χ4v) is 2.59. The third-order valence-corrected chi connectivity index (χ3v) is 3.49. The Labute approximate surface area is 121 Å². The molecule has 0 radical (unpaired) electrons. The SMILES string of the molecule is Cc1nc(NC(=O)c2ccco2)nc2c1C(=O)CC(C)C2. The van der Waals surface area contributed by atoms with Gasteiger partial charge in [0.1, 0.15) is 0 Å². The first-order chi connectivity index (χ1) is 10.0. The van der Waals surface area contributed by atoms with E-state index in [-0.39, 0.29) is 23.4 Å². The highest BCUT2D eigenvalue weighted by Gasteiger charge is 2.27. The van der Waals surface area contributed by atoms with E-state index in [9.17, 15) is 9.59 Å². The molecule has 0 aromatic carbocycles. The summed E-state index contributed by atoms with van der Waals surface area (Å²) in [7, 11) is 0. The number of carbonyl (C=O) groups is 2. The summed E-state index contributed by atoms with van der Waals surface area (Å²) in [6, 6.07) is 3.19. The molecule has 0 fully saturated rings. The van der Waals surface area contributed by atoms with Gasteiger partial charge in [0.15, 0.2) is 11.5 Å². The number of nitrogens with zero attached hydrogens (tertiary/aromatic N) is 2. The van der Waals surface area contributed by atoms with Crippen LogP contribution >= 0.6 is 0 Å². The maximum atomic E-state index is 12.1. The molecule has 108 valence electrons. The molecular weight excluding hydrogens is 270 g/mol. The van der Waals surface area contributed by atoms with E-state index in [0.717, 1.165) is 0 Å². The van der Waals surface area contributed by atoms with Crippen molar-refractivity contribution in [2.24, 2.45) is 5.92 Å². The third kappa shape index (κ3) is 2.56. The molecule has 3 rings (SSSR count). The van der Waals surface area contributed by atoms with Crippen molar-refractivity contribution >= 4 is 17.6 Å². The summed E-state index contributed by atoms with van der Waals surface area (Å²) in [6.07, 6.45) is 2.66. The highest BCUT2D eigenvalue weighted by molar-refractivity contribution is 6.02. The van der Waals surface area contributed by atoms with Gasteiger partial charge in [0.05, 0.1) is 23.2 Å². The molecule has 1 atom stereocenters. The van der Waals surface area contributed by atoms with Gasteiger partial charge >= 0.3 is 0 Å². The first-order valence-electron chi connectivity index (χ1n) is 6.80. The molecule has 1 N–H and O–H groups in total. The number of hydrogen-bond donors (Lipinski definition) is 1. The predicted molar refractivity (Wildman–Crippen MR) is 75.2 cm³/mol. The van der Waals surface area contributed by atoms with Crippen molar-refractivity contribution in [3.63, 3.8) is 0 Å². The van der Waals surface area contributed by atoms with E-state index in [0.29, 0.717) is 29.8 Å². The van der Waals surface area contributed by atoms with E-state index in [1.165, 1.54) is 6.26 Å².